The lowest BCUT2D eigenvalue weighted by atomic mass is 9.89. The molecule has 34 heavy (non-hydrogen) atoms. The van der Waals surface area contributed by atoms with Gasteiger partial charge in [0.25, 0.3) is 0 Å². The van der Waals surface area contributed by atoms with Crippen LogP contribution in [0.25, 0.3) is 0 Å². The first-order valence-electron chi connectivity index (χ1n) is 11.8. The molecule has 2 heterocycles. The van der Waals surface area contributed by atoms with Gasteiger partial charge in [0.1, 0.15) is 5.82 Å². The smallest absolute Gasteiger partial charge is 0.312 e. The van der Waals surface area contributed by atoms with Gasteiger partial charge in [-0.25, -0.2) is 9.18 Å². The fourth-order valence-electron chi connectivity index (χ4n) is 5.06. The fourth-order valence-corrected chi connectivity index (χ4v) is 5.06. The quantitative estimate of drug-likeness (QED) is 0.507. The van der Waals surface area contributed by atoms with Gasteiger partial charge in [0.15, 0.2) is 5.78 Å². The molecule has 2 aliphatic rings. The van der Waals surface area contributed by atoms with E-state index in [1.54, 1.807) is 12.1 Å². The average molecular weight is 458 g/mol. The number of carbonyl (C=O) groups excluding carboxylic acids is 2. The lowest BCUT2D eigenvalue weighted by molar-refractivity contribution is 0.0831. The second-order valence-corrected chi connectivity index (χ2v) is 9.01. The number of carbonyl (C=O) groups is 2. The predicted molar refractivity (Wildman–Crippen MR) is 130 cm³/mol. The molecule has 6 heteroatoms. The molecule has 3 aromatic carbocycles. The van der Waals surface area contributed by atoms with Crippen LogP contribution in [0.2, 0.25) is 0 Å². The van der Waals surface area contributed by atoms with Gasteiger partial charge in [-0.2, -0.15) is 0 Å². The Morgan fingerprint density at radius 1 is 0.882 bits per heavy atom. The Balaban J connectivity index is 1.24. The van der Waals surface area contributed by atoms with Crippen molar-refractivity contribution in [3.05, 3.63) is 101 Å². The Bertz CT molecular complexity index is 1160. The molecule has 0 radical (unpaired) electrons. The minimum absolute atomic E-state index is 0.0380. The normalized spacial score (nSPS) is 18.9. The van der Waals surface area contributed by atoms with E-state index in [2.05, 4.69) is 28.4 Å². The highest BCUT2D eigenvalue weighted by Crippen LogP contribution is 2.37. The number of halogens is 1. The zero-order valence-corrected chi connectivity index (χ0v) is 19.0. The van der Waals surface area contributed by atoms with Crippen LogP contribution < -0.4 is 5.32 Å². The van der Waals surface area contributed by atoms with Gasteiger partial charge < -0.3 is 15.1 Å². The highest BCUT2D eigenvalue weighted by atomic mass is 19.1. The summed E-state index contributed by atoms with van der Waals surface area (Å²) < 4.78 is 13.2. The van der Waals surface area contributed by atoms with Crippen molar-refractivity contribution in [1.82, 2.24) is 9.80 Å². The summed E-state index contributed by atoms with van der Waals surface area (Å²) in [6.07, 6.45) is 1.54. The minimum atomic E-state index is -0.329. The van der Waals surface area contributed by atoms with E-state index in [-0.39, 0.29) is 29.6 Å². The number of Topliss-reactive ketones (excluding diaryl/α,β-unsaturated/α-hetero) is 1. The standard InChI is InChI=1S/C28H28FN3O2/c29-23-12-10-21(11-13-23)27(33)22-14-16-31(17-15-22)18-19-32-26(20-6-2-1-3-7-20)24-8-4-5-9-25(24)30-28(32)34/h1-13,22,26H,14-19H2,(H,30,34). The van der Waals surface area contributed by atoms with Gasteiger partial charge in [-0.3, -0.25) is 4.79 Å². The molecule has 1 N–H and O–H groups in total. The number of hydrogen-bond acceptors (Lipinski definition) is 3. The molecule has 5 nitrogen and oxygen atoms in total. The fraction of sp³-hybridized carbons (Fsp3) is 0.286. The molecule has 1 atom stereocenters. The molecule has 0 saturated carbocycles. The Hall–Kier alpha value is -3.51. The van der Waals surface area contributed by atoms with Crippen molar-refractivity contribution < 1.29 is 14.0 Å². The molecule has 5 rings (SSSR count). The molecule has 1 unspecified atom stereocenters. The van der Waals surface area contributed by atoms with Gasteiger partial charge in [0.05, 0.1) is 6.04 Å². The summed E-state index contributed by atoms with van der Waals surface area (Å²) in [5.41, 5.74) is 3.62. The third kappa shape index (κ3) is 4.59. The number of nitrogens with zero attached hydrogens (tertiary/aromatic N) is 2. The number of para-hydroxylation sites is 1. The van der Waals surface area contributed by atoms with Crippen LogP contribution in [0.4, 0.5) is 14.9 Å². The van der Waals surface area contributed by atoms with Gasteiger partial charge in [-0.05, 0) is 61.8 Å². The van der Waals surface area contributed by atoms with Crippen LogP contribution in [-0.2, 0) is 0 Å². The summed E-state index contributed by atoms with van der Waals surface area (Å²) >= 11 is 0. The minimum Gasteiger partial charge on any atom is -0.312 e. The lowest BCUT2D eigenvalue weighted by Crippen LogP contribution is -2.47. The summed E-state index contributed by atoms with van der Waals surface area (Å²) in [6.45, 7) is 2.95. The Morgan fingerprint density at radius 2 is 1.56 bits per heavy atom. The van der Waals surface area contributed by atoms with E-state index in [4.69, 9.17) is 0 Å². The monoisotopic (exact) mass is 457 g/mol. The predicted octanol–water partition coefficient (Wildman–Crippen LogP) is 5.36. The van der Waals surface area contributed by atoms with Crippen LogP contribution in [0.15, 0.2) is 78.9 Å². The van der Waals surface area contributed by atoms with Crippen LogP contribution in [0.5, 0.6) is 0 Å². The van der Waals surface area contributed by atoms with Crippen LogP contribution in [0, 0.1) is 11.7 Å². The Kier molecular flexibility index (Phi) is 6.41. The number of urea groups is 1. The number of ketones is 1. The summed E-state index contributed by atoms with van der Waals surface area (Å²) in [5, 5.41) is 3.04. The number of anilines is 1. The van der Waals surface area contributed by atoms with Gasteiger partial charge in [0, 0.05) is 35.8 Å². The van der Waals surface area contributed by atoms with E-state index in [0.717, 1.165) is 49.3 Å². The molecule has 174 valence electrons. The highest BCUT2D eigenvalue weighted by Gasteiger charge is 2.34. The maximum Gasteiger partial charge on any atom is 0.322 e. The second-order valence-electron chi connectivity index (χ2n) is 9.01. The number of amides is 2. The van der Waals surface area contributed by atoms with Crippen LogP contribution in [0.3, 0.4) is 0 Å². The molecular formula is C28H28FN3O2. The van der Waals surface area contributed by atoms with Crippen LogP contribution in [-0.4, -0.2) is 47.8 Å². The molecular weight excluding hydrogens is 429 g/mol. The van der Waals surface area contributed by atoms with Gasteiger partial charge in [0.2, 0.25) is 0 Å². The van der Waals surface area contributed by atoms with Crippen molar-refractivity contribution in [1.29, 1.82) is 0 Å². The first-order valence-corrected chi connectivity index (χ1v) is 11.8. The molecule has 1 saturated heterocycles. The van der Waals surface area contributed by atoms with E-state index in [9.17, 15) is 14.0 Å². The van der Waals surface area contributed by atoms with Gasteiger partial charge in [-0.15, -0.1) is 0 Å². The molecule has 0 aromatic heterocycles. The molecule has 0 bridgehead atoms. The number of nitrogens with one attached hydrogen (secondary N) is 1. The number of fused-ring (bicyclic) bond motifs is 1. The first kappa shape index (κ1) is 22.3. The van der Waals surface area contributed by atoms with E-state index in [1.165, 1.54) is 12.1 Å². The van der Waals surface area contributed by atoms with E-state index in [1.807, 2.05) is 41.3 Å². The molecule has 3 aromatic rings. The Morgan fingerprint density at radius 3 is 2.29 bits per heavy atom. The van der Waals surface area contributed by atoms with Crippen molar-refractivity contribution in [3.63, 3.8) is 0 Å². The van der Waals surface area contributed by atoms with Crippen molar-refractivity contribution in [2.24, 2.45) is 5.92 Å². The van der Waals surface area contributed by atoms with Crippen molar-refractivity contribution in [2.45, 2.75) is 18.9 Å². The van der Waals surface area contributed by atoms with Crippen LogP contribution in [0.1, 0.15) is 40.4 Å². The van der Waals surface area contributed by atoms with Crippen molar-refractivity contribution in [2.75, 3.05) is 31.5 Å². The molecule has 0 aliphatic carbocycles. The van der Waals surface area contributed by atoms with Crippen molar-refractivity contribution >= 4 is 17.5 Å². The summed E-state index contributed by atoms with van der Waals surface area (Å²) in [4.78, 5) is 30.1. The van der Waals surface area contributed by atoms with Crippen LogP contribution >= 0.6 is 0 Å². The molecule has 0 spiro atoms. The number of rotatable bonds is 6. The molecule has 2 aliphatic heterocycles. The van der Waals surface area contributed by atoms with Crippen molar-refractivity contribution in [3.8, 4) is 0 Å². The third-order valence-electron chi connectivity index (χ3n) is 6.93. The SMILES string of the molecule is O=C(c1ccc(F)cc1)C1CCN(CCN2C(=O)Nc3ccccc3C2c2ccccc2)CC1. The van der Waals surface area contributed by atoms with Gasteiger partial charge in [-0.1, -0.05) is 48.5 Å². The van der Waals surface area contributed by atoms with E-state index < -0.39 is 0 Å². The summed E-state index contributed by atoms with van der Waals surface area (Å²) in [7, 11) is 0. The summed E-state index contributed by atoms with van der Waals surface area (Å²) in [6, 6.07) is 23.7. The second kappa shape index (κ2) is 9.77. The average Bonchev–Trinajstić information content (AvgIpc) is 2.88. The van der Waals surface area contributed by atoms with Gasteiger partial charge >= 0.3 is 6.03 Å². The zero-order valence-electron chi connectivity index (χ0n) is 19.0. The topological polar surface area (TPSA) is 52.7 Å². The number of hydrogen-bond donors (Lipinski definition) is 1. The Labute approximate surface area is 199 Å². The largest absolute Gasteiger partial charge is 0.322 e. The first-order chi connectivity index (χ1) is 16.6. The number of likely N-dealkylation sites (tertiary alicyclic amines) is 1. The van der Waals surface area contributed by atoms with E-state index >= 15 is 0 Å². The molecule has 1 fully saturated rings. The number of piperidine rings is 1. The third-order valence-corrected chi connectivity index (χ3v) is 6.93. The molecule has 2 amide bonds. The zero-order chi connectivity index (χ0) is 23.5. The van der Waals surface area contributed by atoms with E-state index in [0.29, 0.717) is 12.1 Å². The maximum absolute atomic E-state index is 13.2. The maximum atomic E-state index is 13.2. The highest BCUT2D eigenvalue weighted by molar-refractivity contribution is 5.98. The lowest BCUT2D eigenvalue weighted by Gasteiger charge is -2.39. The summed E-state index contributed by atoms with van der Waals surface area (Å²) in [5.74, 6) is -0.274. The number of benzene rings is 3.